The van der Waals surface area contributed by atoms with Crippen LogP contribution >= 0.6 is 0 Å². The maximum Gasteiger partial charge on any atom is 0.225 e. The van der Waals surface area contributed by atoms with Crippen LogP contribution in [0, 0.1) is 20.5 Å². The van der Waals surface area contributed by atoms with Crippen LogP contribution in [0.15, 0.2) is 115 Å². The van der Waals surface area contributed by atoms with Gasteiger partial charge in [0.1, 0.15) is 17.3 Å². The third-order valence-corrected chi connectivity index (χ3v) is 12.1. The Labute approximate surface area is 326 Å². The number of pyridine rings is 1. The quantitative estimate of drug-likeness (QED) is 0.100. The Bertz CT molecular complexity index is 2700. The summed E-state index contributed by atoms with van der Waals surface area (Å²) >= 11 is 0. The van der Waals surface area contributed by atoms with E-state index in [2.05, 4.69) is 197 Å². The number of nitrogens with zero attached hydrogens (tertiary/aromatic N) is 4. The molecule has 2 aromatic heterocycles. The first-order chi connectivity index (χ1) is 25.9. The molecule has 1 unspecified atom stereocenters. The molecule has 9 rings (SSSR count). The number of benzene rings is 5. The van der Waals surface area contributed by atoms with E-state index in [1.165, 1.54) is 61.3 Å². The van der Waals surface area contributed by atoms with Crippen LogP contribution in [-0.4, -0.2) is 9.55 Å². The van der Waals surface area contributed by atoms with Crippen LogP contribution in [0.1, 0.15) is 90.1 Å². The van der Waals surface area contributed by atoms with Crippen molar-refractivity contribution in [1.82, 2.24) is 18.7 Å². The molecule has 0 spiro atoms. The summed E-state index contributed by atoms with van der Waals surface area (Å²) in [4.78, 5) is 4.90. The molecule has 5 aromatic carbocycles. The van der Waals surface area contributed by atoms with Crippen molar-refractivity contribution in [3.63, 3.8) is 0 Å². The number of para-hydroxylation sites is 1. The lowest BCUT2D eigenvalue weighted by Crippen LogP contribution is -2.47. The standard InChI is InChI=1S/C50H53N4O/c1-32-23-45-46(24-33(32)2)54(31-53(45,54)37-16-14-15-34(25-37)48(3,4)5)38-26-36(50(9,10)11)27-40(29-38)55-39-19-20-42-41-17-12-13-18-43(41)52(44(42)30-39)47-28-35(21-22-51-47)49(6,7)8/h12-31H,1-11H3/q+1/t53-,54?/m0/s1. The van der Waals surface area contributed by atoms with Gasteiger partial charge < -0.3 is 4.74 Å². The van der Waals surface area contributed by atoms with Gasteiger partial charge in [-0.25, -0.2) is 4.98 Å². The summed E-state index contributed by atoms with van der Waals surface area (Å²) in [5.74, 6) is 2.54. The van der Waals surface area contributed by atoms with E-state index in [1.54, 1.807) is 0 Å². The molecule has 2 aliphatic rings. The molecule has 1 fully saturated rings. The van der Waals surface area contributed by atoms with Gasteiger partial charge in [0.05, 0.1) is 11.0 Å². The average molecular weight is 726 g/mol. The van der Waals surface area contributed by atoms with Crippen molar-refractivity contribution in [3.8, 4) is 17.3 Å². The molecule has 0 bridgehead atoms. The first-order valence-electron chi connectivity index (χ1n) is 19.6. The van der Waals surface area contributed by atoms with Crippen LogP contribution in [0.4, 0.5) is 22.7 Å². The van der Waals surface area contributed by atoms with Crippen LogP contribution in [0.25, 0.3) is 27.6 Å². The van der Waals surface area contributed by atoms with Crippen molar-refractivity contribution < 1.29 is 4.74 Å². The number of aromatic nitrogens is 2. The lowest BCUT2D eigenvalue weighted by Gasteiger charge is -2.41. The highest BCUT2D eigenvalue weighted by molar-refractivity contribution is 6.09. The number of quaternary nitrogens is 2. The van der Waals surface area contributed by atoms with Crippen molar-refractivity contribution in [3.05, 3.63) is 150 Å². The zero-order chi connectivity index (χ0) is 38.9. The number of aryl methyl sites for hydroxylation is 2. The van der Waals surface area contributed by atoms with Gasteiger partial charge in [-0.1, -0.05) is 92.6 Å². The minimum absolute atomic E-state index is 0.00165. The molecule has 5 heteroatoms. The molecule has 0 radical (unpaired) electrons. The Morgan fingerprint density at radius 2 is 1.15 bits per heavy atom. The third kappa shape index (κ3) is 5.31. The van der Waals surface area contributed by atoms with E-state index in [0.717, 1.165) is 28.4 Å². The summed E-state index contributed by atoms with van der Waals surface area (Å²) in [6, 6.07) is 40.4. The van der Waals surface area contributed by atoms with Crippen molar-refractivity contribution in [1.29, 1.82) is 0 Å². The van der Waals surface area contributed by atoms with Crippen LogP contribution in [0.5, 0.6) is 11.5 Å². The van der Waals surface area contributed by atoms with E-state index >= 15 is 0 Å². The van der Waals surface area contributed by atoms with E-state index < -0.39 is 0 Å². The van der Waals surface area contributed by atoms with Gasteiger partial charge in [0.2, 0.25) is 11.4 Å². The molecule has 2 aliphatic heterocycles. The van der Waals surface area contributed by atoms with Gasteiger partial charge in [0, 0.05) is 59.4 Å². The summed E-state index contributed by atoms with van der Waals surface area (Å²) in [5, 5.41) is 2.37. The van der Waals surface area contributed by atoms with Crippen LogP contribution < -0.4 is 13.9 Å². The van der Waals surface area contributed by atoms with E-state index in [1.807, 2.05) is 6.20 Å². The second kappa shape index (κ2) is 11.6. The highest BCUT2D eigenvalue weighted by Crippen LogP contribution is 2.75. The second-order valence-corrected chi connectivity index (χ2v) is 19.0. The molecule has 1 saturated heterocycles. The zero-order valence-electron chi connectivity index (χ0n) is 34.2. The fourth-order valence-corrected chi connectivity index (χ4v) is 8.61. The molecule has 2 atom stereocenters. The van der Waals surface area contributed by atoms with E-state index in [4.69, 9.17) is 9.72 Å². The minimum Gasteiger partial charge on any atom is -0.457 e. The molecule has 0 aliphatic carbocycles. The molecule has 4 heterocycles. The fraction of sp³-hybridized carbons (Fsp3) is 0.280. The molecule has 0 N–H and O–H groups in total. The Morgan fingerprint density at radius 3 is 1.84 bits per heavy atom. The Balaban J connectivity index is 1.19. The number of hydrogen-bond acceptors (Lipinski definition) is 2. The Hall–Kier alpha value is -5.23. The summed E-state index contributed by atoms with van der Waals surface area (Å²) in [6.07, 6.45) is 1.93. The molecule has 0 saturated carbocycles. The fourth-order valence-electron chi connectivity index (χ4n) is 8.61. The molecular weight excluding hydrogens is 673 g/mol. The summed E-state index contributed by atoms with van der Waals surface area (Å²) in [6.45, 7) is 27.4. The first-order valence-corrected chi connectivity index (χ1v) is 19.6. The molecule has 0 amide bonds. The second-order valence-electron chi connectivity index (χ2n) is 19.0. The van der Waals surface area contributed by atoms with Crippen molar-refractivity contribution >= 4 is 44.6 Å². The minimum atomic E-state index is -0.0960. The monoisotopic (exact) mass is 725 g/mol. The van der Waals surface area contributed by atoms with Crippen LogP contribution in [0.2, 0.25) is 0 Å². The van der Waals surface area contributed by atoms with Gasteiger partial charge in [-0.15, -0.1) is 0 Å². The SMILES string of the molecule is Cc1cc2c(cc1C)[N@@+]1(c3cccc(C(C)(C)C)c3)[CH-][N+]21c1cc(Oc2ccc3c4ccccc4n(-c4cc(C(C)(C)C)ccn4)c3c2)cc(C(C)(C)C)c1. The highest BCUT2D eigenvalue weighted by Gasteiger charge is 2.78. The van der Waals surface area contributed by atoms with E-state index in [9.17, 15) is 0 Å². The van der Waals surface area contributed by atoms with Gasteiger partial charge in [-0.2, -0.15) is 9.18 Å². The van der Waals surface area contributed by atoms with E-state index in [0.29, 0.717) is 9.18 Å². The number of hydrogen-bond donors (Lipinski definition) is 0. The molecule has 278 valence electrons. The number of rotatable bonds is 5. The third-order valence-electron chi connectivity index (χ3n) is 12.1. The maximum atomic E-state index is 6.98. The molecule has 55 heavy (non-hydrogen) atoms. The predicted octanol–water partition coefficient (Wildman–Crippen LogP) is 13.8. The summed E-state index contributed by atoms with van der Waals surface area (Å²) in [5.41, 5.74) is 13.8. The van der Waals surface area contributed by atoms with Gasteiger partial charge >= 0.3 is 0 Å². The topological polar surface area (TPSA) is 27.1 Å². The van der Waals surface area contributed by atoms with Gasteiger partial charge in [0.15, 0.2) is 18.0 Å². The van der Waals surface area contributed by atoms with Crippen molar-refractivity contribution in [2.75, 3.05) is 0 Å². The Morgan fingerprint density at radius 1 is 0.527 bits per heavy atom. The van der Waals surface area contributed by atoms with E-state index in [-0.39, 0.29) is 16.2 Å². The number of fused-ring (bicyclic) bond motifs is 7. The summed E-state index contributed by atoms with van der Waals surface area (Å²) < 4.78 is 10.6. The molecule has 7 aromatic rings. The number of ether oxygens (including phenoxy) is 1. The normalized spacial score (nSPS) is 19.3. The lowest BCUT2D eigenvalue weighted by atomic mass is 9.86. The lowest BCUT2D eigenvalue weighted by molar-refractivity contribution is 0.421. The molecular formula is C50H53N4O+. The van der Waals surface area contributed by atoms with Gasteiger partial charge in [-0.05, 0) is 94.3 Å². The van der Waals surface area contributed by atoms with Crippen LogP contribution in [0.3, 0.4) is 0 Å². The predicted molar refractivity (Wildman–Crippen MR) is 231 cm³/mol. The molecule has 5 nitrogen and oxygen atoms in total. The Kier molecular flexibility index (Phi) is 7.51. The zero-order valence-corrected chi connectivity index (χ0v) is 34.2. The van der Waals surface area contributed by atoms with Crippen molar-refractivity contribution in [2.45, 2.75) is 92.4 Å². The summed E-state index contributed by atoms with van der Waals surface area (Å²) in [7, 11) is 0. The van der Waals surface area contributed by atoms with Gasteiger partial charge in [0.25, 0.3) is 0 Å². The van der Waals surface area contributed by atoms with Gasteiger partial charge in [-0.3, -0.25) is 4.57 Å². The maximum absolute atomic E-state index is 6.98. The smallest absolute Gasteiger partial charge is 0.225 e. The highest BCUT2D eigenvalue weighted by atomic mass is 16.5. The largest absolute Gasteiger partial charge is 0.457 e. The van der Waals surface area contributed by atoms with Crippen molar-refractivity contribution in [2.24, 2.45) is 0 Å². The van der Waals surface area contributed by atoms with Crippen LogP contribution in [-0.2, 0) is 16.2 Å². The first kappa shape index (κ1) is 35.5. The average Bonchev–Trinajstić information content (AvgIpc) is 3.64.